The second-order valence-corrected chi connectivity index (χ2v) is 5.78. The predicted octanol–water partition coefficient (Wildman–Crippen LogP) is 2.66. The Morgan fingerprint density at radius 2 is 2.45 bits per heavy atom. The van der Waals surface area contributed by atoms with Gasteiger partial charge in [-0.3, -0.25) is 0 Å². The molecule has 1 aliphatic rings. The van der Waals surface area contributed by atoms with Gasteiger partial charge in [-0.1, -0.05) is 41.4 Å². The van der Waals surface area contributed by atoms with E-state index in [2.05, 4.69) is 6.92 Å². The van der Waals surface area contributed by atoms with Crippen molar-refractivity contribution in [2.75, 3.05) is 5.75 Å². The lowest BCUT2D eigenvalue weighted by Crippen LogP contribution is -2.30. The van der Waals surface area contributed by atoms with E-state index in [0.29, 0.717) is 6.04 Å². The Hall–Kier alpha value is 0.660. The maximum atomic E-state index is 6.03. The van der Waals surface area contributed by atoms with Crippen LogP contribution >= 0.6 is 21.6 Å². The quantitative estimate of drug-likeness (QED) is 0.692. The minimum absolute atomic E-state index is 0.454. The third-order valence-electron chi connectivity index (χ3n) is 2.05. The number of hydrogen-bond acceptors (Lipinski definition) is 3. The van der Waals surface area contributed by atoms with Gasteiger partial charge in [-0.05, 0) is 12.8 Å². The van der Waals surface area contributed by atoms with E-state index in [4.69, 9.17) is 5.73 Å². The van der Waals surface area contributed by atoms with Gasteiger partial charge < -0.3 is 5.73 Å². The highest BCUT2D eigenvalue weighted by atomic mass is 33.1. The van der Waals surface area contributed by atoms with Crippen molar-refractivity contribution in [1.82, 2.24) is 0 Å². The molecule has 1 saturated heterocycles. The molecular weight excluding hydrogens is 174 g/mol. The fourth-order valence-corrected chi connectivity index (χ4v) is 4.34. The molecular formula is C8H17NS2. The highest BCUT2D eigenvalue weighted by Gasteiger charge is 2.22. The molecule has 3 heteroatoms. The van der Waals surface area contributed by atoms with E-state index in [-0.39, 0.29) is 0 Å². The van der Waals surface area contributed by atoms with Crippen LogP contribution in [-0.4, -0.2) is 17.0 Å². The Kier molecular flexibility index (Phi) is 4.72. The summed E-state index contributed by atoms with van der Waals surface area (Å²) in [6.07, 6.45) is 5.11. The second kappa shape index (κ2) is 5.33. The second-order valence-electron chi connectivity index (χ2n) is 3.05. The largest absolute Gasteiger partial charge is 0.327 e. The smallest absolute Gasteiger partial charge is 0.0310 e. The van der Waals surface area contributed by atoms with Crippen molar-refractivity contribution in [2.24, 2.45) is 5.73 Å². The minimum atomic E-state index is 0.454. The summed E-state index contributed by atoms with van der Waals surface area (Å²) in [6, 6.07) is 0.454. The number of hydrogen-bond donors (Lipinski definition) is 1. The van der Waals surface area contributed by atoms with E-state index in [1.54, 1.807) is 0 Å². The highest BCUT2D eigenvalue weighted by Crippen LogP contribution is 2.39. The van der Waals surface area contributed by atoms with Gasteiger partial charge in [-0.15, -0.1) is 0 Å². The summed E-state index contributed by atoms with van der Waals surface area (Å²) in [6.45, 7) is 2.23. The van der Waals surface area contributed by atoms with Crippen LogP contribution in [0.3, 0.4) is 0 Å². The van der Waals surface area contributed by atoms with Crippen molar-refractivity contribution < 1.29 is 0 Å². The molecule has 0 spiro atoms. The number of rotatable bonds is 4. The molecule has 0 aromatic rings. The Morgan fingerprint density at radius 3 is 3.00 bits per heavy atom. The van der Waals surface area contributed by atoms with Crippen molar-refractivity contribution in [3.8, 4) is 0 Å². The van der Waals surface area contributed by atoms with Gasteiger partial charge in [0.1, 0.15) is 0 Å². The number of unbranched alkanes of at least 4 members (excludes halogenated alkanes) is 1. The average molecular weight is 191 g/mol. The van der Waals surface area contributed by atoms with Crippen molar-refractivity contribution in [3.05, 3.63) is 0 Å². The van der Waals surface area contributed by atoms with E-state index in [9.17, 15) is 0 Å². The molecule has 0 aromatic carbocycles. The van der Waals surface area contributed by atoms with Gasteiger partial charge in [0.15, 0.2) is 0 Å². The van der Waals surface area contributed by atoms with Crippen LogP contribution in [0.1, 0.15) is 32.6 Å². The monoisotopic (exact) mass is 191 g/mol. The summed E-state index contributed by atoms with van der Waals surface area (Å²) < 4.78 is 0. The molecule has 1 nitrogen and oxygen atoms in total. The zero-order valence-electron chi connectivity index (χ0n) is 7.08. The molecule has 0 radical (unpaired) electrons. The molecule has 0 amide bonds. The van der Waals surface area contributed by atoms with Crippen LogP contribution in [0.2, 0.25) is 0 Å². The molecule has 2 N–H and O–H groups in total. The highest BCUT2D eigenvalue weighted by molar-refractivity contribution is 8.77. The van der Waals surface area contributed by atoms with Crippen LogP contribution in [0.5, 0.6) is 0 Å². The van der Waals surface area contributed by atoms with Crippen molar-refractivity contribution in [1.29, 1.82) is 0 Å². The topological polar surface area (TPSA) is 26.0 Å². The first-order valence-corrected chi connectivity index (χ1v) is 6.76. The third-order valence-corrected chi connectivity index (χ3v) is 5.07. The lowest BCUT2D eigenvalue weighted by atomic mass is 10.1. The molecule has 0 saturated carbocycles. The molecule has 1 fully saturated rings. The SMILES string of the molecule is CCCCC(N)C1CCSS1. The Labute approximate surface area is 77.3 Å². The molecule has 1 aliphatic heterocycles. The van der Waals surface area contributed by atoms with Crippen LogP contribution in [0, 0.1) is 0 Å². The van der Waals surface area contributed by atoms with E-state index < -0.39 is 0 Å². The molecule has 0 aromatic heterocycles. The average Bonchev–Trinajstić information content (AvgIpc) is 2.52. The molecule has 0 bridgehead atoms. The molecule has 0 aliphatic carbocycles. The van der Waals surface area contributed by atoms with E-state index in [0.717, 1.165) is 5.25 Å². The Balaban J connectivity index is 2.12. The lowest BCUT2D eigenvalue weighted by Gasteiger charge is -2.16. The van der Waals surface area contributed by atoms with E-state index in [1.807, 2.05) is 21.6 Å². The molecule has 2 atom stereocenters. The Bertz CT molecular complexity index is 102. The zero-order valence-corrected chi connectivity index (χ0v) is 8.72. The molecule has 11 heavy (non-hydrogen) atoms. The van der Waals surface area contributed by atoms with Gasteiger partial charge in [-0.2, -0.15) is 0 Å². The van der Waals surface area contributed by atoms with Crippen molar-refractivity contribution in [2.45, 2.75) is 43.9 Å². The summed E-state index contributed by atoms with van der Waals surface area (Å²) in [5.41, 5.74) is 6.03. The lowest BCUT2D eigenvalue weighted by molar-refractivity contribution is 0.552. The summed E-state index contributed by atoms with van der Waals surface area (Å²) in [7, 11) is 3.97. The van der Waals surface area contributed by atoms with Gasteiger partial charge in [-0.25, -0.2) is 0 Å². The summed E-state index contributed by atoms with van der Waals surface area (Å²) >= 11 is 0. The van der Waals surface area contributed by atoms with Crippen molar-refractivity contribution in [3.63, 3.8) is 0 Å². The minimum Gasteiger partial charge on any atom is -0.327 e. The van der Waals surface area contributed by atoms with Crippen LogP contribution < -0.4 is 5.73 Å². The van der Waals surface area contributed by atoms with E-state index >= 15 is 0 Å². The first-order valence-electron chi connectivity index (χ1n) is 4.38. The van der Waals surface area contributed by atoms with Gasteiger partial charge in [0.05, 0.1) is 0 Å². The van der Waals surface area contributed by atoms with Crippen LogP contribution in [0.4, 0.5) is 0 Å². The predicted molar refractivity (Wildman–Crippen MR) is 56.0 cm³/mol. The summed E-state index contributed by atoms with van der Waals surface area (Å²) in [5.74, 6) is 1.30. The first-order chi connectivity index (χ1) is 5.34. The number of nitrogens with two attached hydrogens (primary N) is 1. The summed E-state index contributed by atoms with van der Waals surface area (Å²) in [4.78, 5) is 0. The molecule has 1 heterocycles. The van der Waals surface area contributed by atoms with Crippen LogP contribution in [0.15, 0.2) is 0 Å². The first kappa shape index (κ1) is 9.75. The molecule has 2 unspecified atom stereocenters. The zero-order chi connectivity index (χ0) is 8.10. The Morgan fingerprint density at radius 1 is 1.64 bits per heavy atom. The fraction of sp³-hybridized carbons (Fsp3) is 1.00. The third kappa shape index (κ3) is 3.26. The molecule has 1 rings (SSSR count). The van der Waals surface area contributed by atoms with Crippen LogP contribution in [0.25, 0.3) is 0 Å². The maximum absolute atomic E-state index is 6.03. The fourth-order valence-electron chi connectivity index (χ4n) is 1.26. The van der Waals surface area contributed by atoms with Gasteiger partial charge >= 0.3 is 0 Å². The van der Waals surface area contributed by atoms with E-state index in [1.165, 1.54) is 31.4 Å². The molecule has 66 valence electrons. The normalized spacial score (nSPS) is 27.3. The van der Waals surface area contributed by atoms with Gasteiger partial charge in [0.2, 0.25) is 0 Å². The van der Waals surface area contributed by atoms with Crippen LogP contribution in [-0.2, 0) is 0 Å². The maximum Gasteiger partial charge on any atom is 0.0310 e. The van der Waals surface area contributed by atoms with Gasteiger partial charge in [0, 0.05) is 17.0 Å². The summed E-state index contributed by atoms with van der Waals surface area (Å²) in [5, 5.41) is 0.742. The standard InChI is InChI=1S/C8H17NS2/c1-2-3-4-7(9)8-5-6-10-11-8/h7-8H,2-6,9H2,1H3. The van der Waals surface area contributed by atoms with Crippen molar-refractivity contribution >= 4 is 21.6 Å². The van der Waals surface area contributed by atoms with Gasteiger partial charge in [0.25, 0.3) is 0 Å².